The molecule has 1 aliphatic rings. The molecule has 0 radical (unpaired) electrons. The maximum Gasteiger partial charge on any atom is 0.143 e. The van der Waals surface area contributed by atoms with Crippen LogP contribution < -0.4 is 15.0 Å². The summed E-state index contributed by atoms with van der Waals surface area (Å²) >= 11 is 0. The molecular weight excluding hydrogens is 288 g/mol. The third kappa shape index (κ3) is 2.58. The number of hydrogen-bond donors (Lipinski definition) is 2. The van der Waals surface area contributed by atoms with Gasteiger partial charge >= 0.3 is 0 Å². The largest absolute Gasteiger partial charge is 0.490 e. The van der Waals surface area contributed by atoms with E-state index in [9.17, 15) is 5.11 Å². The topological polar surface area (TPSA) is 44.7 Å². The van der Waals surface area contributed by atoms with E-state index >= 15 is 0 Å². The van der Waals surface area contributed by atoms with Crippen LogP contribution in [0.4, 0.5) is 5.69 Å². The normalized spacial score (nSPS) is 17.8. The van der Waals surface area contributed by atoms with Crippen molar-refractivity contribution in [2.75, 3.05) is 25.1 Å². The molecule has 0 saturated heterocycles. The molecule has 0 fully saturated rings. The number of fused-ring (bicyclic) bond motifs is 1. The van der Waals surface area contributed by atoms with Crippen molar-refractivity contribution in [2.45, 2.75) is 25.6 Å². The monoisotopic (exact) mass is 312 g/mol. The van der Waals surface area contributed by atoms with Crippen LogP contribution in [0.2, 0.25) is 0 Å². The molecule has 23 heavy (non-hydrogen) atoms. The number of aliphatic hydroxyl groups is 1. The summed E-state index contributed by atoms with van der Waals surface area (Å²) in [6, 6.07) is 16.3. The highest BCUT2D eigenvalue weighted by Gasteiger charge is 2.44. The molecule has 2 aromatic carbocycles. The fraction of sp³-hybridized carbons (Fsp3) is 0.368. The fourth-order valence-corrected chi connectivity index (χ4v) is 3.50. The van der Waals surface area contributed by atoms with Crippen molar-refractivity contribution in [3.63, 3.8) is 0 Å². The SMILES string of the molecule is CNC(c1ccccc1)(C(C)O)N1CCOc2ccc(C)cc21. The van der Waals surface area contributed by atoms with Crippen molar-refractivity contribution in [1.29, 1.82) is 0 Å². The van der Waals surface area contributed by atoms with E-state index < -0.39 is 11.8 Å². The molecule has 2 unspecified atom stereocenters. The number of hydrogen-bond acceptors (Lipinski definition) is 4. The number of anilines is 1. The van der Waals surface area contributed by atoms with Gasteiger partial charge in [0.2, 0.25) is 0 Å². The molecule has 0 aliphatic carbocycles. The highest BCUT2D eigenvalue weighted by atomic mass is 16.5. The highest BCUT2D eigenvalue weighted by Crippen LogP contribution is 2.41. The van der Waals surface area contributed by atoms with Gasteiger partial charge < -0.3 is 14.7 Å². The second-order valence-corrected chi connectivity index (χ2v) is 6.03. The first kappa shape index (κ1) is 15.8. The number of aryl methyl sites for hydroxylation is 1. The molecule has 0 bridgehead atoms. The van der Waals surface area contributed by atoms with Crippen LogP contribution in [-0.4, -0.2) is 31.4 Å². The quantitative estimate of drug-likeness (QED) is 0.911. The lowest BCUT2D eigenvalue weighted by molar-refractivity contribution is 0.0687. The van der Waals surface area contributed by atoms with Crippen molar-refractivity contribution < 1.29 is 9.84 Å². The summed E-state index contributed by atoms with van der Waals surface area (Å²) in [6.07, 6.45) is -0.610. The minimum absolute atomic E-state index is 0.596. The Morgan fingerprint density at radius 1 is 1.22 bits per heavy atom. The van der Waals surface area contributed by atoms with E-state index in [0.717, 1.165) is 17.0 Å². The number of benzene rings is 2. The molecule has 2 aromatic rings. The molecule has 0 aromatic heterocycles. The van der Waals surface area contributed by atoms with Gasteiger partial charge in [0, 0.05) is 0 Å². The summed E-state index contributed by atoms with van der Waals surface area (Å²) in [6.45, 7) is 5.20. The molecule has 3 rings (SSSR count). The Hall–Kier alpha value is -2.04. The average molecular weight is 312 g/mol. The van der Waals surface area contributed by atoms with Gasteiger partial charge in [-0.05, 0) is 44.2 Å². The number of ether oxygens (including phenoxy) is 1. The van der Waals surface area contributed by atoms with Gasteiger partial charge in [-0.15, -0.1) is 0 Å². The zero-order valence-corrected chi connectivity index (χ0v) is 13.9. The van der Waals surface area contributed by atoms with E-state index in [2.05, 4.69) is 23.2 Å². The van der Waals surface area contributed by atoms with E-state index in [1.165, 1.54) is 5.56 Å². The Balaban J connectivity index is 2.18. The van der Waals surface area contributed by atoms with Gasteiger partial charge in [0.05, 0.1) is 18.3 Å². The van der Waals surface area contributed by atoms with Crippen molar-refractivity contribution >= 4 is 5.69 Å². The summed E-state index contributed by atoms with van der Waals surface area (Å²) in [5, 5.41) is 14.1. The molecule has 2 atom stereocenters. The van der Waals surface area contributed by atoms with Gasteiger partial charge in [-0.25, -0.2) is 0 Å². The molecule has 0 spiro atoms. The van der Waals surface area contributed by atoms with Crippen LogP contribution in [0.5, 0.6) is 5.75 Å². The van der Waals surface area contributed by atoms with Crippen LogP contribution in [0, 0.1) is 6.92 Å². The number of rotatable bonds is 4. The lowest BCUT2D eigenvalue weighted by atomic mass is 9.90. The van der Waals surface area contributed by atoms with Gasteiger partial charge in [-0.3, -0.25) is 5.32 Å². The lowest BCUT2D eigenvalue weighted by Gasteiger charge is -2.49. The zero-order valence-electron chi connectivity index (χ0n) is 13.9. The maximum absolute atomic E-state index is 10.7. The molecular formula is C19H24N2O2. The second-order valence-electron chi connectivity index (χ2n) is 6.03. The smallest absolute Gasteiger partial charge is 0.143 e. The standard InChI is InChI=1S/C19H24N2O2/c1-14-9-10-18-17(13-14)21(11-12-23-18)19(20-3,15(2)22)16-7-5-4-6-8-16/h4-10,13,15,20,22H,11-12H2,1-3H3. The number of likely N-dealkylation sites (N-methyl/N-ethyl adjacent to an activating group) is 1. The Morgan fingerprint density at radius 3 is 2.61 bits per heavy atom. The molecule has 0 amide bonds. The molecule has 122 valence electrons. The third-order valence-corrected chi connectivity index (χ3v) is 4.60. The van der Waals surface area contributed by atoms with Crippen LogP contribution in [0.15, 0.2) is 48.5 Å². The second kappa shape index (κ2) is 6.22. The first-order valence-electron chi connectivity index (χ1n) is 8.03. The number of nitrogens with one attached hydrogen (secondary N) is 1. The van der Waals surface area contributed by atoms with Crippen LogP contribution in [0.1, 0.15) is 18.1 Å². The molecule has 1 aliphatic heterocycles. The van der Waals surface area contributed by atoms with Gasteiger partial charge in [0.1, 0.15) is 18.0 Å². The molecule has 1 heterocycles. The minimum atomic E-state index is -0.701. The molecule has 2 N–H and O–H groups in total. The summed E-state index contributed by atoms with van der Waals surface area (Å²) in [4.78, 5) is 2.22. The van der Waals surface area contributed by atoms with E-state index in [1.807, 2.05) is 56.4 Å². The van der Waals surface area contributed by atoms with Crippen molar-refractivity contribution in [3.8, 4) is 5.75 Å². The fourth-order valence-electron chi connectivity index (χ4n) is 3.50. The van der Waals surface area contributed by atoms with E-state index in [-0.39, 0.29) is 0 Å². The van der Waals surface area contributed by atoms with Crippen molar-refractivity contribution in [2.24, 2.45) is 0 Å². The van der Waals surface area contributed by atoms with Crippen LogP contribution in [-0.2, 0) is 5.66 Å². The average Bonchev–Trinajstić information content (AvgIpc) is 2.57. The number of aliphatic hydroxyl groups excluding tert-OH is 1. The Bertz CT molecular complexity index is 672. The van der Waals surface area contributed by atoms with E-state index in [0.29, 0.717) is 13.2 Å². The summed E-state index contributed by atoms with van der Waals surface area (Å²) < 4.78 is 5.81. The predicted molar refractivity (Wildman–Crippen MR) is 92.9 cm³/mol. The predicted octanol–water partition coefficient (Wildman–Crippen LogP) is 2.65. The first-order valence-corrected chi connectivity index (χ1v) is 8.03. The van der Waals surface area contributed by atoms with Crippen molar-refractivity contribution in [3.05, 3.63) is 59.7 Å². The number of nitrogens with zero attached hydrogens (tertiary/aromatic N) is 1. The maximum atomic E-state index is 10.7. The zero-order chi connectivity index (χ0) is 16.4. The Labute approximate surface area is 137 Å². The van der Waals surface area contributed by atoms with Crippen LogP contribution in [0.3, 0.4) is 0 Å². The molecule has 4 nitrogen and oxygen atoms in total. The van der Waals surface area contributed by atoms with Gasteiger partial charge in [0.15, 0.2) is 0 Å². The summed E-state index contributed by atoms with van der Waals surface area (Å²) in [5.41, 5.74) is 2.51. The lowest BCUT2D eigenvalue weighted by Crippen LogP contribution is -2.63. The third-order valence-electron chi connectivity index (χ3n) is 4.60. The minimum Gasteiger partial charge on any atom is -0.490 e. The van der Waals surface area contributed by atoms with Crippen LogP contribution in [0.25, 0.3) is 0 Å². The van der Waals surface area contributed by atoms with E-state index in [4.69, 9.17) is 4.74 Å². The van der Waals surface area contributed by atoms with Gasteiger partial charge in [0.25, 0.3) is 0 Å². The molecule has 4 heteroatoms. The first-order chi connectivity index (χ1) is 11.1. The highest BCUT2D eigenvalue weighted by molar-refractivity contribution is 5.64. The molecule has 0 saturated carbocycles. The Kier molecular flexibility index (Phi) is 4.28. The Morgan fingerprint density at radius 2 is 1.96 bits per heavy atom. The summed E-state index contributed by atoms with van der Waals surface area (Å²) in [5.74, 6) is 0.859. The van der Waals surface area contributed by atoms with Gasteiger partial charge in [-0.2, -0.15) is 0 Å². The van der Waals surface area contributed by atoms with Crippen molar-refractivity contribution in [1.82, 2.24) is 5.32 Å². The van der Waals surface area contributed by atoms with Crippen LogP contribution >= 0.6 is 0 Å². The van der Waals surface area contributed by atoms with E-state index in [1.54, 1.807) is 0 Å². The summed E-state index contributed by atoms with van der Waals surface area (Å²) in [7, 11) is 1.89. The van der Waals surface area contributed by atoms with Gasteiger partial charge in [-0.1, -0.05) is 36.4 Å².